The Morgan fingerprint density at radius 3 is 2.53 bits per heavy atom. The first-order valence-electron chi connectivity index (χ1n) is 4.93. The van der Waals surface area contributed by atoms with Gasteiger partial charge in [0.05, 0.1) is 0 Å². The number of hydrogen-bond acceptors (Lipinski definition) is 4. The van der Waals surface area contributed by atoms with Gasteiger partial charge in [-0.3, -0.25) is 0 Å². The van der Waals surface area contributed by atoms with Gasteiger partial charge in [-0.25, -0.2) is 9.97 Å². The van der Waals surface area contributed by atoms with Gasteiger partial charge in [0.15, 0.2) is 0 Å². The first kappa shape index (κ1) is 13.2. The van der Waals surface area contributed by atoms with Crippen molar-refractivity contribution in [2.24, 2.45) is 0 Å². The molecule has 17 heavy (non-hydrogen) atoms. The van der Waals surface area contributed by atoms with E-state index in [1.54, 1.807) is 19.9 Å². The Balaban J connectivity index is 3.04. The van der Waals surface area contributed by atoms with Gasteiger partial charge >= 0.3 is 6.18 Å². The molecule has 0 aliphatic carbocycles. The molecule has 0 saturated heterocycles. The molecule has 0 unspecified atom stereocenters. The molecule has 0 radical (unpaired) electrons. The summed E-state index contributed by atoms with van der Waals surface area (Å²) in [5.74, 6) is -0.0682. The molecular formula is C10H11F3N4. The molecule has 4 nitrogen and oxygen atoms in total. The molecule has 7 heteroatoms. The SMILES string of the molecule is CCN(CC(F)(F)F)c1nc(C)cc(C#N)n1. The first-order valence-corrected chi connectivity index (χ1v) is 4.93. The van der Waals surface area contributed by atoms with Crippen molar-refractivity contribution in [2.45, 2.75) is 20.0 Å². The number of anilines is 1. The second-order valence-corrected chi connectivity index (χ2v) is 3.44. The zero-order chi connectivity index (χ0) is 13.1. The Hall–Kier alpha value is -1.84. The van der Waals surface area contributed by atoms with Gasteiger partial charge in [-0.1, -0.05) is 0 Å². The maximum absolute atomic E-state index is 12.3. The van der Waals surface area contributed by atoms with Crippen molar-refractivity contribution in [1.29, 1.82) is 5.26 Å². The molecular weight excluding hydrogens is 233 g/mol. The second kappa shape index (κ2) is 4.99. The van der Waals surface area contributed by atoms with Crippen molar-refractivity contribution in [2.75, 3.05) is 18.0 Å². The second-order valence-electron chi connectivity index (χ2n) is 3.44. The molecule has 0 N–H and O–H groups in total. The van der Waals surface area contributed by atoms with Crippen molar-refractivity contribution < 1.29 is 13.2 Å². The van der Waals surface area contributed by atoms with Gasteiger partial charge < -0.3 is 4.90 Å². The largest absolute Gasteiger partial charge is 0.406 e. The minimum absolute atomic E-state index is 0.0631. The summed E-state index contributed by atoms with van der Waals surface area (Å²) in [5, 5.41) is 8.69. The van der Waals surface area contributed by atoms with Gasteiger partial charge in [0.2, 0.25) is 5.95 Å². The highest BCUT2D eigenvalue weighted by molar-refractivity contribution is 5.36. The molecule has 1 aromatic rings. The number of halogens is 3. The monoisotopic (exact) mass is 244 g/mol. The van der Waals surface area contributed by atoms with Crippen LogP contribution in [0.3, 0.4) is 0 Å². The van der Waals surface area contributed by atoms with Crippen molar-refractivity contribution in [1.82, 2.24) is 9.97 Å². The summed E-state index contributed by atoms with van der Waals surface area (Å²) in [6.07, 6.45) is -4.32. The Morgan fingerprint density at radius 2 is 2.06 bits per heavy atom. The lowest BCUT2D eigenvalue weighted by molar-refractivity contribution is -0.119. The summed E-state index contributed by atoms with van der Waals surface area (Å²) in [4.78, 5) is 8.64. The number of aromatic nitrogens is 2. The van der Waals surface area contributed by atoms with Crippen molar-refractivity contribution in [3.8, 4) is 6.07 Å². The fourth-order valence-corrected chi connectivity index (χ4v) is 1.29. The van der Waals surface area contributed by atoms with Gasteiger partial charge in [0.25, 0.3) is 0 Å². The molecule has 0 aromatic carbocycles. The normalized spacial score (nSPS) is 11.1. The van der Waals surface area contributed by atoms with Crippen LogP contribution in [0.2, 0.25) is 0 Å². The van der Waals surface area contributed by atoms with Crippen LogP contribution in [0.4, 0.5) is 19.1 Å². The third-order valence-corrected chi connectivity index (χ3v) is 1.99. The van der Waals surface area contributed by atoms with Crippen LogP contribution in [0.15, 0.2) is 6.07 Å². The van der Waals surface area contributed by atoms with E-state index >= 15 is 0 Å². The minimum Gasteiger partial charge on any atom is -0.332 e. The Morgan fingerprint density at radius 1 is 1.41 bits per heavy atom. The van der Waals surface area contributed by atoms with Gasteiger partial charge in [-0.2, -0.15) is 18.4 Å². The number of nitrogens with zero attached hydrogens (tertiary/aromatic N) is 4. The predicted octanol–water partition coefficient (Wildman–Crippen LogP) is 2.05. The van der Waals surface area contributed by atoms with Gasteiger partial charge in [0.1, 0.15) is 18.3 Å². The van der Waals surface area contributed by atoms with Crippen molar-refractivity contribution in [3.63, 3.8) is 0 Å². The van der Waals surface area contributed by atoms with Crippen LogP contribution in [0, 0.1) is 18.3 Å². The van der Waals surface area contributed by atoms with E-state index in [9.17, 15) is 13.2 Å². The Bertz CT molecular complexity index is 436. The lowest BCUT2D eigenvalue weighted by Gasteiger charge is -2.22. The third kappa shape index (κ3) is 3.90. The van der Waals surface area contributed by atoms with Crippen LogP contribution in [-0.2, 0) is 0 Å². The Kier molecular flexibility index (Phi) is 3.89. The highest BCUT2D eigenvalue weighted by Crippen LogP contribution is 2.19. The van der Waals surface area contributed by atoms with Gasteiger partial charge in [0, 0.05) is 12.2 Å². The molecule has 1 aromatic heterocycles. The van der Waals surface area contributed by atoms with Crippen LogP contribution in [0.5, 0.6) is 0 Å². The van der Waals surface area contributed by atoms with Gasteiger partial charge in [-0.15, -0.1) is 0 Å². The quantitative estimate of drug-likeness (QED) is 0.816. The molecule has 1 heterocycles. The summed E-state index contributed by atoms with van der Waals surface area (Å²) in [6.45, 7) is 2.17. The Labute approximate surface area is 96.7 Å². The number of nitriles is 1. The number of rotatable bonds is 3. The number of hydrogen-bond donors (Lipinski definition) is 0. The molecule has 0 aliphatic rings. The summed E-state index contributed by atoms with van der Waals surface area (Å²) >= 11 is 0. The highest BCUT2D eigenvalue weighted by Gasteiger charge is 2.31. The summed E-state index contributed by atoms with van der Waals surface area (Å²) in [6, 6.07) is 3.21. The zero-order valence-corrected chi connectivity index (χ0v) is 9.41. The van der Waals surface area contributed by atoms with E-state index in [0.717, 1.165) is 4.90 Å². The van der Waals surface area contributed by atoms with E-state index in [1.165, 1.54) is 6.07 Å². The molecule has 92 valence electrons. The first-order chi connectivity index (χ1) is 7.85. The molecule has 0 spiro atoms. The fourth-order valence-electron chi connectivity index (χ4n) is 1.29. The zero-order valence-electron chi connectivity index (χ0n) is 9.41. The minimum atomic E-state index is -4.32. The van der Waals surface area contributed by atoms with Crippen LogP contribution in [0.25, 0.3) is 0 Å². The van der Waals surface area contributed by atoms with E-state index in [2.05, 4.69) is 9.97 Å². The van der Waals surface area contributed by atoms with E-state index < -0.39 is 12.7 Å². The molecule has 0 bridgehead atoms. The van der Waals surface area contributed by atoms with E-state index in [-0.39, 0.29) is 18.2 Å². The van der Waals surface area contributed by atoms with Crippen molar-refractivity contribution in [3.05, 3.63) is 17.5 Å². The topological polar surface area (TPSA) is 52.8 Å². The summed E-state index contributed by atoms with van der Waals surface area (Å²) in [7, 11) is 0. The maximum atomic E-state index is 12.3. The fraction of sp³-hybridized carbons (Fsp3) is 0.500. The van der Waals surface area contributed by atoms with Crippen LogP contribution >= 0.6 is 0 Å². The molecule has 0 saturated carbocycles. The summed E-state index contributed by atoms with van der Waals surface area (Å²) < 4.78 is 36.9. The summed E-state index contributed by atoms with van der Waals surface area (Å²) in [5.41, 5.74) is 0.528. The molecule has 1 rings (SSSR count). The molecule has 0 fully saturated rings. The van der Waals surface area contributed by atoms with Gasteiger partial charge in [-0.05, 0) is 19.9 Å². The molecule has 0 atom stereocenters. The van der Waals surface area contributed by atoms with E-state index in [1.807, 2.05) is 0 Å². The molecule has 0 aliphatic heterocycles. The maximum Gasteiger partial charge on any atom is 0.406 e. The average molecular weight is 244 g/mol. The third-order valence-electron chi connectivity index (χ3n) is 1.99. The lowest BCUT2D eigenvalue weighted by Crippen LogP contribution is -2.35. The van der Waals surface area contributed by atoms with E-state index in [4.69, 9.17) is 5.26 Å². The molecule has 0 amide bonds. The predicted molar refractivity (Wildman–Crippen MR) is 55.4 cm³/mol. The van der Waals surface area contributed by atoms with Crippen LogP contribution < -0.4 is 4.90 Å². The van der Waals surface area contributed by atoms with Crippen molar-refractivity contribution >= 4 is 5.95 Å². The van der Waals surface area contributed by atoms with Crippen LogP contribution in [-0.4, -0.2) is 29.2 Å². The smallest absolute Gasteiger partial charge is 0.332 e. The number of aryl methyl sites for hydroxylation is 1. The standard InChI is InChI=1S/C10H11F3N4/c1-3-17(6-10(11,12)13)9-15-7(2)4-8(5-14)16-9/h4H,3,6H2,1-2H3. The lowest BCUT2D eigenvalue weighted by atomic mass is 10.3. The van der Waals surface area contributed by atoms with Crippen LogP contribution in [0.1, 0.15) is 18.3 Å². The highest BCUT2D eigenvalue weighted by atomic mass is 19.4. The van der Waals surface area contributed by atoms with E-state index in [0.29, 0.717) is 5.69 Å². The average Bonchev–Trinajstić information content (AvgIpc) is 2.23. The number of alkyl halides is 3.